The number of fused-ring (bicyclic) bond motifs is 2. The summed E-state index contributed by atoms with van der Waals surface area (Å²) in [6, 6.07) is 13.3. The van der Waals surface area contributed by atoms with E-state index < -0.39 is 21.8 Å². The zero-order chi connectivity index (χ0) is 28.0. The van der Waals surface area contributed by atoms with E-state index in [1.165, 1.54) is 0 Å². The molecule has 9 nitrogen and oxygen atoms in total. The van der Waals surface area contributed by atoms with Crippen LogP contribution in [0.4, 0.5) is 11.4 Å². The van der Waals surface area contributed by atoms with Crippen molar-refractivity contribution in [2.45, 2.75) is 56.8 Å². The van der Waals surface area contributed by atoms with Crippen molar-refractivity contribution in [2.24, 2.45) is 5.92 Å². The molecule has 12 heteroatoms. The Morgan fingerprint density at radius 1 is 1.12 bits per heavy atom. The van der Waals surface area contributed by atoms with E-state index in [1.807, 2.05) is 18.2 Å². The second-order valence-corrected chi connectivity index (χ2v) is 13.1. The largest absolute Gasteiger partial charge is 0.373 e. The first-order chi connectivity index (χ1) is 19.2. The predicted molar refractivity (Wildman–Crippen MR) is 152 cm³/mol. The van der Waals surface area contributed by atoms with E-state index in [-0.39, 0.29) is 12.5 Å². The van der Waals surface area contributed by atoms with Gasteiger partial charge < -0.3 is 19.5 Å². The number of nitrogens with zero attached hydrogens (tertiary/aromatic N) is 2. The Hall–Kier alpha value is -2.63. The van der Waals surface area contributed by atoms with Crippen LogP contribution in [0.3, 0.4) is 0 Å². The van der Waals surface area contributed by atoms with Gasteiger partial charge in [-0.3, -0.25) is 9.35 Å². The van der Waals surface area contributed by atoms with Crippen molar-refractivity contribution >= 4 is 50.6 Å². The van der Waals surface area contributed by atoms with Crippen LogP contribution in [-0.2, 0) is 26.3 Å². The van der Waals surface area contributed by atoms with Crippen molar-refractivity contribution in [3.05, 3.63) is 63.8 Å². The molecular formula is C28H29Cl2N3O6S. The minimum absolute atomic E-state index is 0.124. The van der Waals surface area contributed by atoms with Crippen LogP contribution >= 0.6 is 23.2 Å². The first kappa shape index (κ1) is 27.5. The smallest absolute Gasteiger partial charge is 0.265 e. The molecule has 1 aliphatic heterocycles. The number of rotatable bonds is 10. The summed E-state index contributed by atoms with van der Waals surface area (Å²) in [5.41, 5.74) is 3.91. The number of benzene rings is 2. The highest BCUT2D eigenvalue weighted by Gasteiger charge is 2.45. The highest BCUT2D eigenvalue weighted by atomic mass is 35.5. The molecule has 40 heavy (non-hydrogen) atoms. The highest BCUT2D eigenvalue weighted by molar-refractivity contribution is 7.85. The van der Waals surface area contributed by atoms with Crippen molar-refractivity contribution in [1.82, 2.24) is 5.16 Å². The Bertz CT molecular complexity index is 1500. The van der Waals surface area contributed by atoms with Gasteiger partial charge in [0.1, 0.15) is 11.5 Å². The molecule has 2 aliphatic carbocycles. The maximum Gasteiger partial charge on any atom is 0.265 e. The van der Waals surface area contributed by atoms with Crippen LogP contribution in [0, 0.1) is 5.92 Å². The molecule has 0 radical (unpaired) electrons. The molecule has 212 valence electrons. The quantitative estimate of drug-likeness (QED) is 0.273. The van der Waals surface area contributed by atoms with E-state index in [0.717, 1.165) is 49.2 Å². The van der Waals surface area contributed by atoms with Gasteiger partial charge in [-0.2, -0.15) is 8.42 Å². The molecule has 0 spiro atoms. The van der Waals surface area contributed by atoms with Gasteiger partial charge in [-0.05, 0) is 62.1 Å². The van der Waals surface area contributed by atoms with Crippen LogP contribution in [-0.4, -0.2) is 48.5 Å². The summed E-state index contributed by atoms with van der Waals surface area (Å²) >= 11 is 13.0. The third-order valence-corrected chi connectivity index (χ3v) is 9.30. The van der Waals surface area contributed by atoms with Crippen molar-refractivity contribution < 1.29 is 27.0 Å². The van der Waals surface area contributed by atoms with Crippen LogP contribution in [0.15, 0.2) is 47.0 Å². The summed E-state index contributed by atoms with van der Waals surface area (Å²) in [5, 5.41) is 8.09. The number of carbonyl (C=O) groups excluding carboxylic acids is 1. The minimum Gasteiger partial charge on any atom is -0.373 e. The third-order valence-electron chi connectivity index (χ3n) is 7.95. The fourth-order valence-corrected chi connectivity index (χ4v) is 6.87. The maximum atomic E-state index is 11.9. The summed E-state index contributed by atoms with van der Waals surface area (Å²) in [7, 11) is -4.17. The van der Waals surface area contributed by atoms with Crippen LogP contribution in [0.1, 0.15) is 49.3 Å². The van der Waals surface area contributed by atoms with Crippen molar-refractivity contribution in [1.29, 1.82) is 0 Å². The van der Waals surface area contributed by atoms with Crippen molar-refractivity contribution in [3.8, 4) is 11.3 Å². The molecule has 2 saturated carbocycles. The zero-order valence-electron chi connectivity index (χ0n) is 21.6. The molecular weight excluding hydrogens is 577 g/mol. The molecule has 1 amide bonds. The Labute approximate surface area is 242 Å². The fraction of sp³-hybridized carbons (Fsp3) is 0.429. The average molecular weight is 607 g/mol. The molecule has 2 bridgehead atoms. The predicted octanol–water partition coefficient (Wildman–Crippen LogP) is 5.93. The van der Waals surface area contributed by atoms with Crippen LogP contribution in [0.2, 0.25) is 10.0 Å². The molecule has 2 N–H and O–H groups in total. The molecule has 3 aliphatic rings. The lowest BCUT2D eigenvalue weighted by Crippen LogP contribution is -2.38. The fourth-order valence-electron chi connectivity index (χ4n) is 5.85. The SMILES string of the molecule is O=C(CCS(=O)(=O)O)Nc1ccc(N2C[C@@H]3C[C@H]2C[C@H]3OCc2c(-c3c(Cl)cccc3Cl)noc2C2CC2)cc1. The summed E-state index contributed by atoms with van der Waals surface area (Å²) in [6.45, 7) is 1.27. The van der Waals surface area contributed by atoms with Crippen LogP contribution in [0.5, 0.6) is 0 Å². The molecule has 2 aromatic carbocycles. The number of ether oxygens (including phenoxy) is 1. The lowest BCUT2D eigenvalue weighted by atomic mass is 10.0. The monoisotopic (exact) mass is 605 g/mol. The first-order valence-electron chi connectivity index (χ1n) is 13.3. The normalized spacial score (nSPS) is 22.2. The Balaban J connectivity index is 1.08. The number of hydrogen-bond donors (Lipinski definition) is 2. The molecule has 3 atom stereocenters. The zero-order valence-corrected chi connectivity index (χ0v) is 23.9. The first-order valence-corrected chi connectivity index (χ1v) is 15.7. The lowest BCUT2D eigenvalue weighted by molar-refractivity contribution is -0.115. The summed E-state index contributed by atoms with van der Waals surface area (Å²) in [4.78, 5) is 14.3. The number of hydrogen-bond acceptors (Lipinski definition) is 7. The van der Waals surface area contributed by atoms with Gasteiger partial charge in [0.2, 0.25) is 5.91 Å². The number of halogens is 2. The van der Waals surface area contributed by atoms with E-state index in [9.17, 15) is 13.2 Å². The van der Waals surface area contributed by atoms with Gasteiger partial charge >= 0.3 is 0 Å². The summed E-state index contributed by atoms with van der Waals surface area (Å²) in [5.74, 6) is 0.558. The van der Waals surface area contributed by atoms with Gasteiger partial charge in [0.25, 0.3) is 10.1 Å². The number of nitrogens with one attached hydrogen (secondary N) is 1. The molecule has 1 aromatic heterocycles. The van der Waals surface area contributed by atoms with E-state index in [1.54, 1.807) is 24.3 Å². The van der Waals surface area contributed by atoms with E-state index in [0.29, 0.717) is 51.5 Å². The Morgan fingerprint density at radius 3 is 2.48 bits per heavy atom. The van der Waals surface area contributed by atoms with E-state index in [4.69, 9.17) is 37.0 Å². The number of carbonyl (C=O) groups is 1. The third kappa shape index (κ3) is 5.87. The average Bonchev–Trinajstić information content (AvgIpc) is 3.36. The lowest BCUT2D eigenvalue weighted by Gasteiger charge is -2.33. The van der Waals surface area contributed by atoms with E-state index >= 15 is 0 Å². The van der Waals surface area contributed by atoms with Gasteiger partial charge in [0, 0.05) is 53.3 Å². The minimum atomic E-state index is -4.17. The van der Waals surface area contributed by atoms with Gasteiger partial charge in [-0.15, -0.1) is 0 Å². The molecule has 0 unspecified atom stereocenters. The molecule has 6 rings (SSSR count). The van der Waals surface area contributed by atoms with Gasteiger partial charge in [-0.25, -0.2) is 0 Å². The van der Waals surface area contributed by atoms with Crippen molar-refractivity contribution in [3.63, 3.8) is 0 Å². The Kier molecular flexibility index (Phi) is 7.56. The number of piperidine rings is 1. The molecule has 2 heterocycles. The number of amides is 1. The molecule has 1 saturated heterocycles. The van der Waals surface area contributed by atoms with Crippen LogP contribution < -0.4 is 10.2 Å². The highest BCUT2D eigenvalue weighted by Crippen LogP contribution is 2.47. The maximum absolute atomic E-state index is 11.9. The van der Waals surface area contributed by atoms with Gasteiger partial charge in [-0.1, -0.05) is 34.4 Å². The van der Waals surface area contributed by atoms with Gasteiger partial charge in [0.05, 0.1) is 28.5 Å². The second-order valence-electron chi connectivity index (χ2n) is 10.8. The summed E-state index contributed by atoms with van der Waals surface area (Å²) < 4.78 is 42.8. The van der Waals surface area contributed by atoms with Gasteiger partial charge in [0.15, 0.2) is 0 Å². The topological polar surface area (TPSA) is 122 Å². The standard InChI is InChI=1S/C28H29Cl2N3O6S/c29-22-2-1-3-23(30)26(22)27-21(28(39-32-27)16-4-5-16)15-38-24-13-20-12-17(24)14-33(20)19-8-6-18(7-9-19)31-25(34)10-11-40(35,36)37/h1-3,6-9,16-17,20,24H,4-5,10-15H2,(H,31,34)(H,35,36,37)/t17-,20-,24+/m0/s1. The van der Waals surface area contributed by atoms with Crippen LogP contribution in [0.25, 0.3) is 11.3 Å². The number of aromatic nitrogens is 1. The van der Waals surface area contributed by atoms with E-state index in [2.05, 4.69) is 15.4 Å². The Morgan fingerprint density at radius 2 is 1.85 bits per heavy atom. The molecule has 3 fully saturated rings. The second kappa shape index (κ2) is 11.0. The molecule has 3 aromatic rings. The number of anilines is 2. The van der Waals surface area contributed by atoms with Crippen molar-refractivity contribution in [2.75, 3.05) is 22.5 Å². The summed E-state index contributed by atoms with van der Waals surface area (Å²) in [6.07, 6.45) is 3.93.